The standard InChI is InChI=1S/C13H21F2N3O2/c1-2-4-16-12-10(14)9-11(15)13(18-12)17-5-3-7-20-8-6-19/h9,19H,2-8H2,1H3,(H2,16,17,18). The first-order chi connectivity index (χ1) is 9.69. The Morgan fingerprint density at radius 2 is 1.80 bits per heavy atom. The number of aliphatic hydroxyl groups is 1. The summed E-state index contributed by atoms with van der Waals surface area (Å²) >= 11 is 0. The van der Waals surface area contributed by atoms with Crippen molar-refractivity contribution in [1.29, 1.82) is 0 Å². The molecule has 0 bridgehead atoms. The molecule has 0 saturated carbocycles. The Labute approximate surface area is 117 Å². The molecule has 0 aliphatic rings. The predicted molar refractivity (Wildman–Crippen MR) is 73.9 cm³/mol. The molecule has 20 heavy (non-hydrogen) atoms. The molecule has 1 heterocycles. The first kappa shape index (κ1) is 16.6. The van der Waals surface area contributed by atoms with E-state index in [4.69, 9.17) is 9.84 Å². The first-order valence-corrected chi connectivity index (χ1v) is 6.71. The Balaban J connectivity index is 2.47. The average molecular weight is 289 g/mol. The van der Waals surface area contributed by atoms with Crippen LogP contribution in [0.2, 0.25) is 0 Å². The van der Waals surface area contributed by atoms with E-state index in [0.717, 1.165) is 12.5 Å². The SMILES string of the molecule is CCCNc1nc(NCCCOCCO)c(F)cc1F. The highest BCUT2D eigenvalue weighted by Crippen LogP contribution is 2.18. The molecule has 1 rings (SSSR count). The smallest absolute Gasteiger partial charge is 0.168 e. The first-order valence-electron chi connectivity index (χ1n) is 6.71. The molecule has 5 nitrogen and oxygen atoms in total. The van der Waals surface area contributed by atoms with Gasteiger partial charge in [0.05, 0.1) is 13.2 Å². The van der Waals surface area contributed by atoms with Gasteiger partial charge in [-0.15, -0.1) is 0 Å². The zero-order valence-electron chi connectivity index (χ0n) is 11.6. The molecule has 0 aliphatic heterocycles. The van der Waals surface area contributed by atoms with Crippen LogP contribution in [0.25, 0.3) is 0 Å². The minimum Gasteiger partial charge on any atom is -0.394 e. The summed E-state index contributed by atoms with van der Waals surface area (Å²) in [6.07, 6.45) is 1.46. The van der Waals surface area contributed by atoms with E-state index < -0.39 is 11.6 Å². The highest BCUT2D eigenvalue weighted by molar-refractivity contribution is 5.47. The van der Waals surface area contributed by atoms with Crippen molar-refractivity contribution in [3.05, 3.63) is 17.7 Å². The molecule has 1 aromatic rings. The number of aromatic nitrogens is 1. The monoisotopic (exact) mass is 289 g/mol. The maximum Gasteiger partial charge on any atom is 0.168 e. The zero-order chi connectivity index (χ0) is 14.8. The minimum atomic E-state index is -0.721. The summed E-state index contributed by atoms with van der Waals surface area (Å²) in [4.78, 5) is 3.89. The van der Waals surface area contributed by atoms with Crippen LogP contribution in [0.15, 0.2) is 6.07 Å². The highest BCUT2D eigenvalue weighted by Gasteiger charge is 2.11. The third-order valence-corrected chi connectivity index (χ3v) is 2.47. The molecule has 0 spiro atoms. The number of anilines is 2. The highest BCUT2D eigenvalue weighted by atomic mass is 19.1. The molecular formula is C13H21F2N3O2. The number of nitrogens with one attached hydrogen (secondary N) is 2. The minimum absolute atomic E-state index is 0.0198. The van der Waals surface area contributed by atoms with Gasteiger partial charge in [-0.3, -0.25) is 0 Å². The lowest BCUT2D eigenvalue weighted by atomic mass is 10.3. The number of hydrogen-bond acceptors (Lipinski definition) is 5. The van der Waals surface area contributed by atoms with Crippen molar-refractivity contribution >= 4 is 11.6 Å². The third-order valence-electron chi connectivity index (χ3n) is 2.47. The van der Waals surface area contributed by atoms with Crippen molar-refractivity contribution in [2.45, 2.75) is 19.8 Å². The van der Waals surface area contributed by atoms with Crippen LogP contribution in [0, 0.1) is 11.6 Å². The van der Waals surface area contributed by atoms with Gasteiger partial charge in [-0.2, -0.15) is 0 Å². The van der Waals surface area contributed by atoms with Crippen molar-refractivity contribution < 1.29 is 18.6 Å². The Morgan fingerprint density at radius 3 is 2.40 bits per heavy atom. The average Bonchev–Trinajstić information content (AvgIpc) is 2.43. The van der Waals surface area contributed by atoms with Crippen LogP contribution in [0.1, 0.15) is 19.8 Å². The number of nitrogens with zero attached hydrogens (tertiary/aromatic N) is 1. The predicted octanol–water partition coefficient (Wildman–Crippen LogP) is 1.99. The lowest BCUT2D eigenvalue weighted by Crippen LogP contribution is -2.12. The molecule has 0 saturated heterocycles. The van der Waals surface area contributed by atoms with E-state index in [-0.39, 0.29) is 24.8 Å². The third kappa shape index (κ3) is 5.66. The van der Waals surface area contributed by atoms with Crippen molar-refractivity contribution in [3.8, 4) is 0 Å². The maximum atomic E-state index is 13.5. The second-order valence-electron chi connectivity index (χ2n) is 4.19. The van der Waals surface area contributed by atoms with Crippen molar-refractivity contribution in [2.24, 2.45) is 0 Å². The number of ether oxygens (including phenoxy) is 1. The van der Waals surface area contributed by atoms with Gasteiger partial charge >= 0.3 is 0 Å². The van der Waals surface area contributed by atoms with Gasteiger partial charge in [0.15, 0.2) is 23.3 Å². The summed E-state index contributed by atoms with van der Waals surface area (Å²) in [5.41, 5.74) is 0. The fourth-order valence-corrected chi connectivity index (χ4v) is 1.51. The molecule has 3 N–H and O–H groups in total. The normalized spacial score (nSPS) is 10.6. The molecule has 0 atom stereocenters. The van der Waals surface area contributed by atoms with E-state index in [1.807, 2.05) is 6.92 Å². The number of pyridine rings is 1. The van der Waals surface area contributed by atoms with Crippen LogP contribution in [-0.4, -0.2) is 43.0 Å². The zero-order valence-corrected chi connectivity index (χ0v) is 11.6. The Bertz CT molecular complexity index is 405. The lowest BCUT2D eigenvalue weighted by molar-refractivity contribution is 0.0921. The molecular weight excluding hydrogens is 268 g/mol. The van der Waals surface area contributed by atoms with Crippen molar-refractivity contribution in [2.75, 3.05) is 43.5 Å². The summed E-state index contributed by atoms with van der Waals surface area (Å²) in [7, 11) is 0. The second kappa shape index (κ2) is 9.44. The summed E-state index contributed by atoms with van der Waals surface area (Å²) in [6.45, 7) is 3.69. The van der Waals surface area contributed by atoms with E-state index >= 15 is 0 Å². The van der Waals surface area contributed by atoms with Crippen LogP contribution in [0.5, 0.6) is 0 Å². The maximum absolute atomic E-state index is 13.5. The van der Waals surface area contributed by atoms with Crippen LogP contribution >= 0.6 is 0 Å². The number of rotatable bonds is 10. The molecule has 0 amide bonds. The van der Waals surface area contributed by atoms with Gasteiger partial charge < -0.3 is 20.5 Å². The molecule has 1 aromatic heterocycles. The fourth-order valence-electron chi connectivity index (χ4n) is 1.51. The molecule has 0 fully saturated rings. The molecule has 0 radical (unpaired) electrons. The van der Waals surface area contributed by atoms with Gasteiger partial charge in [0.25, 0.3) is 0 Å². The molecule has 114 valence electrons. The fraction of sp³-hybridized carbons (Fsp3) is 0.615. The quantitative estimate of drug-likeness (QED) is 0.575. The van der Waals surface area contributed by atoms with E-state index in [0.29, 0.717) is 26.1 Å². The van der Waals surface area contributed by atoms with Gasteiger partial charge in [0.2, 0.25) is 0 Å². The molecule has 0 aromatic carbocycles. The molecule has 0 aliphatic carbocycles. The summed E-state index contributed by atoms with van der Waals surface area (Å²) in [5, 5.41) is 14.1. The largest absolute Gasteiger partial charge is 0.394 e. The van der Waals surface area contributed by atoms with Crippen LogP contribution in [0.4, 0.5) is 20.4 Å². The topological polar surface area (TPSA) is 66.4 Å². The van der Waals surface area contributed by atoms with Gasteiger partial charge in [-0.25, -0.2) is 13.8 Å². The van der Waals surface area contributed by atoms with Crippen molar-refractivity contribution in [1.82, 2.24) is 4.98 Å². The van der Waals surface area contributed by atoms with Gasteiger partial charge in [0, 0.05) is 25.8 Å². The Kier molecular flexibility index (Phi) is 7.82. The molecule has 0 unspecified atom stereocenters. The Hall–Kier alpha value is -1.47. The molecule has 7 heteroatoms. The summed E-state index contributed by atoms with van der Waals surface area (Å²) in [6, 6.07) is 0.815. The van der Waals surface area contributed by atoms with E-state index in [1.165, 1.54) is 0 Å². The number of aliphatic hydroxyl groups excluding tert-OH is 1. The number of halogens is 2. The van der Waals surface area contributed by atoms with Gasteiger partial charge in [0.1, 0.15) is 0 Å². The second-order valence-corrected chi connectivity index (χ2v) is 4.19. The van der Waals surface area contributed by atoms with E-state index in [2.05, 4.69) is 15.6 Å². The lowest BCUT2D eigenvalue weighted by Gasteiger charge is -2.10. The summed E-state index contributed by atoms with van der Waals surface area (Å²) < 4.78 is 32.0. The van der Waals surface area contributed by atoms with Gasteiger partial charge in [-0.05, 0) is 12.8 Å². The van der Waals surface area contributed by atoms with E-state index in [9.17, 15) is 8.78 Å². The summed E-state index contributed by atoms with van der Waals surface area (Å²) in [5.74, 6) is -1.35. The van der Waals surface area contributed by atoms with Crippen LogP contribution in [-0.2, 0) is 4.74 Å². The number of hydrogen-bond donors (Lipinski definition) is 3. The van der Waals surface area contributed by atoms with Crippen molar-refractivity contribution in [3.63, 3.8) is 0 Å². The Morgan fingerprint density at radius 1 is 1.15 bits per heavy atom. The van der Waals surface area contributed by atoms with E-state index in [1.54, 1.807) is 0 Å². The van der Waals surface area contributed by atoms with Gasteiger partial charge in [-0.1, -0.05) is 6.92 Å². The van der Waals surface area contributed by atoms with Crippen LogP contribution < -0.4 is 10.6 Å². The van der Waals surface area contributed by atoms with Crippen LogP contribution in [0.3, 0.4) is 0 Å².